The van der Waals surface area contributed by atoms with Gasteiger partial charge < -0.3 is 14.4 Å². The summed E-state index contributed by atoms with van der Waals surface area (Å²) in [4.78, 5) is 26.5. The molecule has 2 fully saturated rings. The summed E-state index contributed by atoms with van der Waals surface area (Å²) in [6, 6.07) is 1.88. The zero-order valence-corrected chi connectivity index (χ0v) is 10.5. The molecule has 6 nitrogen and oxygen atoms in total. The summed E-state index contributed by atoms with van der Waals surface area (Å²) in [5.74, 6) is -0.0489. The van der Waals surface area contributed by atoms with E-state index >= 15 is 0 Å². The van der Waals surface area contributed by atoms with Gasteiger partial charge in [0.1, 0.15) is 12.0 Å². The highest BCUT2D eigenvalue weighted by atomic mass is 16.4. The Labute approximate surface area is 110 Å². The number of rotatable bonds is 3. The van der Waals surface area contributed by atoms with Crippen molar-refractivity contribution in [2.45, 2.75) is 25.4 Å². The molecule has 19 heavy (non-hydrogen) atoms. The molecule has 1 aromatic heterocycles. The van der Waals surface area contributed by atoms with Gasteiger partial charge in [0.2, 0.25) is 5.91 Å². The normalized spacial score (nSPS) is 23.7. The van der Waals surface area contributed by atoms with Crippen molar-refractivity contribution < 1.29 is 19.1 Å². The Morgan fingerprint density at radius 3 is 3.05 bits per heavy atom. The van der Waals surface area contributed by atoms with Gasteiger partial charge in [-0.15, -0.1) is 0 Å². The second-order valence-electron chi connectivity index (χ2n) is 5.12. The highest BCUT2D eigenvalue weighted by molar-refractivity contribution is 5.87. The first-order chi connectivity index (χ1) is 9.13. The van der Waals surface area contributed by atoms with Gasteiger partial charge in [-0.2, -0.15) is 0 Å². The molecule has 3 heterocycles. The van der Waals surface area contributed by atoms with Gasteiger partial charge in [-0.25, -0.2) is 4.79 Å². The molecule has 0 saturated carbocycles. The Bertz CT molecular complexity index is 510. The van der Waals surface area contributed by atoms with Gasteiger partial charge >= 0.3 is 5.97 Å². The molecular weight excluding hydrogens is 248 g/mol. The van der Waals surface area contributed by atoms with Crippen LogP contribution in [0.2, 0.25) is 0 Å². The van der Waals surface area contributed by atoms with Crippen molar-refractivity contribution in [1.82, 2.24) is 9.80 Å². The first-order valence-corrected chi connectivity index (χ1v) is 6.46. The molecule has 2 aliphatic heterocycles. The van der Waals surface area contributed by atoms with E-state index in [1.807, 2.05) is 4.90 Å². The third-order valence-electron chi connectivity index (χ3n) is 3.86. The summed E-state index contributed by atoms with van der Waals surface area (Å²) < 4.78 is 5.26. The van der Waals surface area contributed by atoms with Crippen LogP contribution in [-0.4, -0.2) is 52.5 Å². The number of furan rings is 1. The lowest BCUT2D eigenvalue weighted by Gasteiger charge is -2.37. The number of hydrogen-bond acceptors (Lipinski definition) is 4. The molecule has 0 spiro atoms. The smallest absolute Gasteiger partial charge is 0.338 e. The third kappa shape index (κ3) is 2.35. The molecule has 0 aromatic carbocycles. The summed E-state index contributed by atoms with van der Waals surface area (Å²) >= 11 is 0. The predicted molar refractivity (Wildman–Crippen MR) is 65.7 cm³/mol. The van der Waals surface area contributed by atoms with Crippen molar-refractivity contribution >= 4 is 11.9 Å². The number of carbonyl (C=O) groups excluding carboxylic acids is 1. The number of amides is 1. The molecular formula is C13H16N2O4. The number of hydrogen-bond donors (Lipinski definition) is 1. The number of nitrogens with zero attached hydrogens (tertiary/aromatic N) is 2. The van der Waals surface area contributed by atoms with Gasteiger partial charge in [-0.1, -0.05) is 0 Å². The van der Waals surface area contributed by atoms with Crippen LogP contribution in [0.3, 0.4) is 0 Å². The average Bonchev–Trinajstić information content (AvgIpc) is 2.97. The van der Waals surface area contributed by atoms with E-state index in [0.29, 0.717) is 24.8 Å². The number of carbonyl (C=O) groups is 2. The molecule has 2 aliphatic rings. The Kier molecular flexibility index (Phi) is 3.02. The lowest BCUT2D eigenvalue weighted by molar-refractivity contribution is -0.130. The van der Waals surface area contributed by atoms with Crippen LogP contribution in [0.4, 0.5) is 0 Å². The zero-order chi connectivity index (χ0) is 13.4. The first kappa shape index (κ1) is 12.2. The van der Waals surface area contributed by atoms with E-state index in [9.17, 15) is 9.59 Å². The van der Waals surface area contributed by atoms with Crippen molar-refractivity contribution in [3.05, 3.63) is 23.7 Å². The van der Waals surface area contributed by atoms with Crippen LogP contribution in [-0.2, 0) is 11.3 Å². The SMILES string of the molecule is O=C(O)c1coc(CN2CCN3C(=O)CCC3C2)c1. The van der Waals surface area contributed by atoms with Gasteiger partial charge in [0, 0.05) is 32.1 Å². The van der Waals surface area contributed by atoms with Crippen molar-refractivity contribution in [2.75, 3.05) is 19.6 Å². The fourth-order valence-electron chi connectivity index (χ4n) is 2.87. The predicted octanol–water partition coefficient (Wildman–Crippen LogP) is 0.784. The van der Waals surface area contributed by atoms with Crippen LogP contribution in [0.5, 0.6) is 0 Å². The van der Waals surface area contributed by atoms with E-state index in [-0.39, 0.29) is 11.5 Å². The minimum Gasteiger partial charge on any atom is -0.478 e. The maximum atomic E-state index is 11.6. The van der Waals surface area contributed by atoms with Gasteiger partial charge in [0.25, 0.3) is 0 Å². The Hall–Kier alpha value is -1.82. The second kappa shape index (κ2) is 4.70. The zero-order valence-electron chi connectivity index (χ0n) is 10.5. The van der Waals surface area contributed by atoms with E-state index in [4.69, 9.17) is 9.52 Å². The van der Waals surface area contributed by atoms with E-state index in [0.717, 1.165) is 26.1 Å². The average molecular weight is 264 g/mol. The van der Waals surface area contributed by atoms with Gasteiger partial charge in [-0.3, -0.25) is 9.69 Å². The van der Waals surface area contributed by atoms with E-state index in [2.05, 4.69) is 4.90 Å². The van der Waals surface area contributed by atoms with Gasteiger partial charge in [0.05, 0.1) is 12.1 Å². The van der Waals surface area contributed by atoms with Crippen LogP contribution in [0, 0.1) is 0 Å². The minimum absolute atomic E-state index is 0.185. The standard InChI is InChI=1S/C13H16N2O4/c16-12-2-1-10-6-14(3-4-15(10)12)7-11-5-9(8-19-11)13(17)18/h5,8,10H,1-4,6-7H2,(H,17,18). The van der Waals surface area contributed by atoms with E-state index in [1.165, 1.54) is 6.26 Å². The number of fused-ring (bicyclic) bond motifs is 1. The summed E-state index contributed by atoms with van der Waals surface area (Å²) in [5, 5.41) is 8.84. The molecule has 102 valence electrons. The minimum atomic E-state index is -0.971. The number of aromatic carboxylic acids is 1. The van der Waals surface area contributed by atoms with Gasteiger partial charge in [0.15, 0.2) is 0 Å². The number of carboxylic acid groups (broad SMARTS) is 1. The quantitative estimate of drug-likeness (QED) is 0.873. The molecule has 0 radical (unpaired) electrons. The monoisotopic (exact) mass is 264 g/mol. The fourth-order valence-corrected chi connectivity index (χ4v) is 2.87. The molecule has 0 bridgehead atoms. The van der Waals surface area contributed by atoms with Crippen molar-refractivity contribution in [3.8, 4) is 0 Å². The van der Waals surface area contributed by atoms with Crippen LogP contribution < -0.4 is 0 Å². The molecule has 6 heteroatoms. The largest absolute Gasteiger partial charge is 0.478 e. The summed E-state index contributed by atoms with van der Waals surface area (Å²) in [6.45, 7) is 3.02. The summed E-state index contributed by atoms with van der Waals surface area (Å²) in [7, 11) is 0. The van der Waals surface area contributed by atoms with Crippen molar-refractivity contribution in [2.24, 2.45) is 0 Å². The summed E-state index contributed by atoms with van der Waals surface area (Å²) in [5.41, 5.74) is 0.185. The lowest BCUT2D eigenvalue weighted by atomic mass is 10.1. The second-order valence-corrected chi connectivity index (χ2v) is 5.12. The molecule has 3 rings (SSSR count). The van der Waals surface area contributed by atoms with E-state index < -0.39 is 5.97 Å². The molecule has 2 saturated heterocycles. The molecule has 1 N–H and O–H groups in total. The maximum Gasteiger partial charge on any atom is 0.338 e. The third-order valence-corrected chi connectivity index (χ3v) is 3.86. The molecule has 1 aromatic rings. The highest BCUT2D eigenvalue weighted by Gasteiger charge is 2.35. The van der Waals surface area contributed by atoms with Crippen LogP contribution in [0.1, 0.15) is 29.0 Å². The maximum absolute atomic E-state index is 11.6. The number of piperazine rings is 1. The van der Waals surface area contributed by atoms with E-state index in [1.54, 1.807) is 6.07 Å². The molecule has 0 aliphatic carbocycles. The van der Waals surface area contributed by atoms with Gasteiger partial charge in [-0.05, 0) is 12.5 Å². The van der Waals surface area contributed by atoms with Crippen molar-refractivity contribution in [1.29, 1.82) is 0 Å². The Morgan fingerprint density at radius 1 is 1.47 bits per heavy atom. The van der Waals surface area contributed by atoms with Crippen LogP contribution in [0.15, 0.2) is 16.7 Å². The highest BCUT2D eigenvalue weighted by Crippen LogP contribution is 2.24. The lowest BCUT2D eigenvalue weighted by Crippen LogP contribution is -2.50. The van der Waals surface area contributed by atoms with Crippen molar-refractivity contribution in [3.63, 3.8) is 0 Å². The fraction of sp³-hybridized carbons (Fsp3) is 0.538. The topological polar surface area (TPSA) is 74.0 Å². The Balaban J connectivity index is 1.61. The molecule has 1 unspecified atom stereocenters. The first-order valence-electron chi connectivity index (χ1n) is 6.46. The van der Waals surface area contributed by atoms with Crippen LogP contribution >= 0.6 is 0 Å². The number of carboxylic acids is 1. The van der Waals surface area contributed by atoms with Crippen LogP contribution in [0.25, 0.3) is 0 Å². The molecule has 1 amide bonds. The Morgan fingerprint density at radius 2 is 2.32 bits per heavy atom. The summed E-state index contributed by atoms with van der Waals surface area (Å²) in [6.07, 6.45) is 2.85. The molecule has 1 atom stereocenters.